The molecule has 0 bridgehead atoms. The van der Waals surface area contributed by atoms with Gasteiger partial charge in [0, 0.05) is 26.2 Å². The predicted molar refractivity (Wildman–Crippen MR) is 112 cm³/mol. The van der Waals surface area contributed by atoms with Crippen LogP contribution in [0.5, 0.6) is 5.75 Å². The molecule has 2 aromatic rings. The molecule has 0 spiro atoms. The number of carbonyl (C=O) groups excluding carboxylic acids is 1. The minimum Gasteiger partial charge on any atom is -0.487 e. The van der Waals surface area contributed by atoms with E-state index in [9.17, 15) is 9.18 Å². The smallest absolute Gasteiger partial charge is 0.409 e. The molecule has 1 heterocycles. The second kappa shape index (κ2) is 10.4. The van der Waals surface area contributed by atoms with Crippen molar-refractivity contribution in [3.8, 4) is 17.0 Å². The van der Waals surface area contributed by atoms with E-state index in [-0.39, 0.29) is 18.5 Å². The second-order valence-electron chi connectivity index (χ2n) is 7.86. The maximum atomic E-state index is 14.7. The number of aromatic nitrogens is 3. The van der Waals surface area contributed by atoms with Crippen LogP contribution < -0.4 is 4.74 Å². The molecule has 0 saturated heterocycles. The third-order valence-electron chi connectivity index (χ3n) is 5.49. The zero-order chi connectivity index (χ0) is 21.5. The minimum absolute atomic E-state index is 0.01000. The van der Waals surface area contributed by atoms with Crippen LogP contribution in [-0.2, 0) is 18.4 Å². The molecule has 0 unspecified atom stereocenters. The van der Waals surface area contributed by atoms with Crippen LogP contribution in [0.4, 0.5) is 9.18 Å². The van der Waals surface area contributed by atoms with Crippen molar-refractivity contribution in [2.75, 3.05) is 13.6 Å². The number of carbonyl (C=O) groups is 1. The van der Waals surface area contributed by atoms with E-state index in [0.29, 0.717) is 23.5 Å². The van der Waals surface area contributed by atoms with Gasteiger partial charge in [0.05, 0.1) is 6.10 Å². The monoisotopic (exact) mass is 418 g/mol. The van der Waals surface area contributed by atoms with E-state index in [1.54, 1.807) is 35.8 Å². The Morgan fingerprint density at radius 3 is 2.77 bits per heavy atom. The summed E-state index contributed by atoms with van der Waals surface area (Å²) in [7, 11) is 3.43. The molecule has 0 atom stereocenters. The van der Waals surface area contributed by atoms with Gasteiger partial charge in [0.1, 0.15) is 18.0 Å². The fourth-order valence-electron chi connectivity index (χ4n) is 3.60. The third kappa shape index (κ3) is 5.49. The van der Waals surface area contributed by atoms with Gasteiger partial charge < -0.3 is 14.4 Å². The van der Waals surface area contributed by atoms with Crippen molar-refractivity contribution in [3.05, 3.63) is 29.7 Å². The summed E-state index contributed by atoms with van der Waals surface area (Å²) in [6, 6.07) is 4.81. The van der Waals surface area contributed by atoms with E-state index in [1.165, 1.54) is 12.5 Å². The number of unbranched alkanes of at least 4 members (excludes halogenated alkanes) is 1. The normalized spacial score (nSPS) is 14.5. The maximum absolute atomic E-state index is 14.7. The maximum Gasteiger partial charge on any atom is 0.409 e. The van der Waals surface area contributed by atoms with Crippen molar-refractivity contribution in [2.24, 2.45) is 7.05 Å². The van der Waals surface area contributed by atoms with Gasteiger partial charge in [0.2, 0.25) is 0 Å². The molecular weight excluding hydrogens is 387 g/mol. The number of nitrogens with zero attached hydrogens (tertiary/aromatic N) is 4. The molecule has 1 fully saturated rings. The first-order valence-corrected chi connectivity index (χ1v) is 10.7. The van der Waals surface area contributed by atoms with Crippen LogP contribution in [0.2, 0.25) is 0 Å². The molecule has 1 amide bonds. The first-order chi connectivity index (χ1) is 14.5. The Bertz CT molecular complexity index is 849. The topological polar surface area (TPSA) is 69.5 Å². The Labute approximate surface area is 177 Å². The molecule has 30 heavy (non-hydrogen) atoms. The average Bonchev–Trinajstić information content (AvgIpc) is 3.12. The first-order valence-electron chi connectivity index (χ1n) is 10.7. The Balaban J connectivity index is 1.69. The van der Waals surface area contributed by atoms with Gasteiger partial charge in [-0.05, 0) is 50.3 Å². The Hall–Kier alpha value is -2.64. The van der Waals surface area contributed by atoms with Crippen molar-refractivity contribution < 1.29 is 18.7 Å². The molecule has 8 heteroatoms. The lowest BCUT2D eigenvalue weighted by atomic mass is 9.98. The highest BCUT2D eigenvalue weighted by molar-refractivity contribution is 5.68. The van der Waals surface area contributed by atoms with Crippen molar-refractivity contribution in [2.45, 2.75) is 64.6 Å². The Morgan fingerprint density at radius 2 is 2.07 bits per heavy atom. The molecule has 3 rings (SSSR count). The van der Waals surface area contributed by atoms with Crippen LogP contribution in [0.15, 0.2) is 18.2 Å². The number of aryl methyl sites for hydroxylation is 1. The first kappa shape index (κ1) is 22.1. The van der Waals surface area contributed by atoms with E-state index in [4.69, 9.17) is 9.47 Å². The van der Waals surface area contributed by atoms with Crippen molar-refractivity contribution in [1.29, 1.82) is 0 Å². The molecule has 1 aliphatic rings. The number of hydrogen-bond acceptors (Lipinski definition) is 5. The molecular formula is C22H31FN4O3. The van der Waals surface area contributed by atoms with Crippen molar-refractivity contribution in [3.63, 3.8) is 0 Å². The van der Waals surface area contributed by atoms with E-state index in [0.717, 1.165) is 38.5 Å². The van der Waals surface area contributed by atoms with Crippen LogP contribution in [0, 0.1) is 5.82 Å². The van der Waals surface area contributed by atoms with Crippen LogP contribution in [0.3, 0.4) is 0 Å². The molecule has 164 valence electrons. The van der Waals surface area contributed by atoms with Crippen LogP contribution >= 0.6 is 0 Å². The lowest BCUT2D eigenvalue weighted by Crippen LogP contribution is -2.28. The summed E-state index contributed by atoms with van der Waals surface area (Å²) in [5.41, 5.74) is 1.67. The van der Waals surface area contributed by atoms with E-state index >= 15 is 0 Å². The highest BCUT2D eigenvalue weighted by atomic mass is 19.1. The van der Waals surface area contributed by atoms with E-state index in [2.05, 4.69) is 17.2 Å². The summed E-state index contributed by atoms with van der Waals surface area (Å²) in [4.78, 5) is 13.7. The van der Waals surface area contributed by atoms with Crippen LogP contribution in [-0.4, -0.2) is 45.7 Å². The van der Waals surface area contributed by atoms with Crippen LogP contribution in [0.1, 0.15) is 57.6 Å². The van der Waals surface area contributed by atoms with Gasteiger partial charge in [-0.15, -0.1) is 5.10 Å². The number of halogens is 1. The second-order valence-corrected chi connectivity index (χ2v) is 7.86. The zero-order valence-electron chi connectivity index (χ0n) is 18.1. The number of hydrogen-bond donors (Lipinski definition) is 0. The third-order valence-corrected chi connectivity index (χ3v) is 5.49. The van der Waals surface area contributed by atoms with Gasteiger partial charge in [-0.25, -0.2) is 13.9 Å². The number of benzene rings is 1. The van der Waals surface area contributed by atoms with Crippen LogP contribution in [0.25, 0.3) is 11.3 Å². The highest BCUT2D eigenvalue weighted by Crippen LogP contribution is 2.29. The number of rotatable bonds is 8. The highest BCUT2D eigenvalue weighted by Gasteiger charge is 2.20. The molecule has 1 saturated carbocycles. The Kier molecular flexibility index (Phi) is 7.65. The largest absolute Gasteiger partial charge is 0.487 e. The molecule has 1 aromatic carbocycles. The van der Waals surface area contributed by atoms with Gasteiger partial charge in [0.15, 0.2) is 11.6 Å². The lowest BCUT2D eigenvalue weighted by Gasteiger charge is -2.23. The molecule has 7 nitrogen and oxygen atoms in total. The van der Waals surface area contributed by atoms with E-state index < -0.39 is 11.9 Å². The average molecular weight is 419 g/mol. The number of ether oxygens (including phenoxy) is 2. The molecule has 0 radical (unpaired) electrons. The SMILES string of the molecule is CCCCN(C)C(=O)OCc1c(-c2ccc(OC3CCCCC3)c(F)c2)nnn1C. The molecule has 0 aliphatic heterocycles. The van der Waals surface area contributed by atoms with Gasteiger partial charge in [-0.2, -0.15) is 0 Å². The zero-order valence-corrected chi connectivity index (χ0v) is 18.1. The predicted octanol–water partition coefficient (Wildman–Crippen LogP) is 4.70. The van der Waals surface area contributed by atoms with Crippen molar-refractivity contribution in [1.82, 2.24) is 19.9 Å². The summed E-state index contributed by atoms with van der Waals surface area (Å²) in [5, 5.41) is 8.16. The summed E-state index contributed by atoms with van der Waals surface area (Å²) in [5.74, 6) is -0.161. The van der Waals surface area contributed by atoms with E-state index in [1.807, 2.05) is 0 Å². The standard InChI is InChI=1S/C22H31FN4O3/c1-4-5-13-26(2)22(28)29-15-19-21(24-25-27(19)3)16-11-12-20(18(23)14-16)30-17-9-7-6-8-10-17/h11-12,14,17H,4-10,13,15H2,1-3H3. The van der Waals surface area contributed by atoms with Gasteiger partial charge in [-0.1, -0.05) is 25.0 Å². The summed E-state index contributed by atoms with van der Waals surface area (Å²) < 4.78 is 27.5. The lowest BCUT2D eigenvalue weighted by molar-refractivity contribution is 0.102. The summed E-state index contributed by atoms with van der Waals surface area (Å²) in [6.45, 7) is 2.72. The molecule has 0 N–H and O–H groups in total. The summed E-state index contributed by atoms with van der Waals surface area (Å²) in [6.07, 6.45) is 6.99. The number of amides is 1. The van der Waals surface area contributed by atoms with Gasteiger partial charge >= 0.3 is 6.09 Å². The minimum atomic E-state index is -0.425. The van der Waals surface area contributed by atoms with Gasteiger partial charge in [0.25, 0.3) is 0 Å². The summed E-state index contributed by atoms with van der Waals surface area (Å²) >= 11 is 0. The Morgan fingerprint density at radius 1 is 1.30 bits per heavy atom. The van der Waals surface area contributed by atoms with Crippen molar-refractivity contribution >= 4 is 6.09 Å². The fraction of sp³-hybridized carbons (Fsp3) is 0.591. The van der Waals surface area contributed by atoms with Gasteiger partial charge in [-0.3, -0.25) is 0 Å². The quantitative estimate of drug-likeness (QED) is 0.621. The molecule has 1 aliphatic carbocycles. The fourth-order valence-corrected chi connectivity index (χ4v) is 3.60. The molecule has 1 aromatic heterocycles.